The maximum Gasteiger partial charge on any atom is 0.275 e. The quantitative estimate of drug-likeness (QED) is 0.779. The molecule has 1 heterocycles. The topological polar surface area (TPSA) is 61.2 Å². The molecule has 6 heteroatoms. The standard InChI is InChI=1S/C19H22N2O4/c1-21(11-14-7-8-17-18(9-14)25-13-24-17)12-19(22)20-10-15-5-3-4-6-16(15)23-2/h3-9H,10-13H2,1-2H3,(H,20,22)/p+1. The number of amides is 1. The summed E-state index contributed by atoms with van der Waals surface area (Å²) in [7, 11) is 3.62. The summed E-state index contributed by atoms with van der Waals surface area (Å²) >= 11 is 0. The zero-order valence-corrected chi connectivity index (χ0v) is 14.5. The van der Waals surface area contributed by atoms with E-state index in [9.17, 15) is 4.79 Å². The van der Waals surface area contributed by atoms with Gasteiger partial charge in [-0.25, -0.2) is 0 Å². The predicted molar refractivity (Wildman–Crippen MR) is 92.9 cm³/mol. The largest absolute Gasteiger partial charge is 0.496 e. The van der Waals surface area contributed by atoms with E-state index in [1.54, 1.807) is 7.11 Å². The fourth-order valence-corrected chi connectivity index (χ4v) is 2.84. The van der Waals surface area contributed by atoms with Crippen LogP contribution in [0.5, 0.6) is 17.2 Å². The van der Waals surface area contributed by atoms with Crippen LogP contribution in [0.3, 0.4) is 0 Å². The Kier molecular flexibility index (Phi) is 5.40. The van der Waals surface area contributed by atoms with Crippen LogP contribution < -0.4 is 24.4 Å². The minimum Gasteiger partial charge on any atom is -0.496 e. The smallest absolute Gasteiger partial charge is 0.275 e. The second kappa shape index (κ2) is 7.90. The number of methoxy groups -OCH3 is 1. The first-order valence-corrected chi connectivity index (χ1v) is 8.24. The Balaban J connectivity index is 1.49. The SMILES string of the molecule is COc1ccccc1CNC(=O)C[NH+](C)Cc1ccc2c(c1)OCO2. The average molecular weight is 343 g/mol. The van der Waals surface area contributed by atoms with Crippen LogP contribution in [0, 0.1) is 0 Å². The molecule has 2 N–H and O–H groups in total. The number of carbonyl (C=O) groups is 1. The molecule has 0 radical (unpaired) electrons. The maximum absolute atomic E-state index is 12.2. The van der Waals surface area contributed by atoms with Crippen molar-refractivity contribution in [2.75, 3.05) is 27.5 Å². The van der Waals surface area contributed by atoms with Crippen molar-refractivity contribution < 1.29 is 23.9 Å². The molecule has 0 fully saturated rings. The first-order valence-electron chi connectivity index (χ1n) is 8.24. The lowest BCUT2D eigenvalue weighted by Gasteiger charge is -2.15. The highest BCUT2D eigenvalue weighted by Crippen LogP contribution is 2.32. The summed E-state index contributed by atoms with van der Waals surface area (Å²) in [6, 6.07) is 13.6. The first kappa shape index (κ1) is 17.1. The normalized spacial score (nSPS) is 13.4. The number of para-hydroxylation sites is 1. The molecule has 1 aliphatic rings. The fourth-order valence-electron chi connectivity index (χ4n) is 2.84. The molecule has 1 unspecified atom stereocenters. The van der Waals surface area contributed by atoms with E-state index in [1.165, 1.54) is 0 Å². The lowest BCUT2D eigenvalue weighted by molar-refractivity contribution is -0.885. The Morgan fingerprint density at radius 2 is 2.00 bits per heavy atom. The van der Waals surface area contributed by atoms with Crippen LogP contribution >= 0.6 is 0 Å². The third-order valence-electron chi connectivity index (χ3n) is 4.07. The number of likely N-dealkylation sites (N-methyl/N-ethyl adjacent to an activating group) is 1. The molecule has 0 spiro atoms. The van der Waals surface area contributed by atoms with Gasteiger partial charge in [0.05, 0.1) is 14.2 Å². The highest BCUT2D eigenvalue weighted by Gasteiger charge is 2.16. The molecular formula is C19H23N2O4+. The minimum atomic E-state index is 0.00384. The van der Waals surface area contributed by atoms with Gasteiger partial charge in [0.15, 0.2) is 18.0 Å². The van der Waals surface area contributed by atoms with Crippen LogP contribution in [0.25, 0.3) is 0 Å². The molecule has 0 saturated heterocycles. The van der Waals surface area contributed by atoms with E-state index >= 15 is 0 Å². The third-order valence-corrected chi connectivity index (χ3v) is 4.07. The van der Waals surface area contributed by atoms with Gasteiger partial charge in [-0.3, -0.25) is 4.79 Å². The van der Waals surface area contributed by atoms with Crippen LogP contribution in [-0.4, -0.2) is 33.4 Å². The van der Waals surface area contributed by atoms with Crippen LogP contribution in [0.4, 0.5) is 0 Å². The number of benzene rings is 2. The van der Waals surface area contributed by atoms with Gasteiger partial charge in [0.2, 0.25) is 6.79 Å². The molecule has 1 atom stereocenters. The van der Waals surface area contributed by atoms with Gasteiger partial charge in [0.1, 0.15) is 12.3 Å². The zero-order chi connectivity index (χ0) is 17.6. The van der Waals surface area contributed by atoms with Crippen molar-refractivity contribution in [1.82, 2.24) is 5.32 Å². The number of ether oxygens (including phenoxy) is 3. The van der Waals surface area contributed by atoms with Gasteiger partial charge < -0.3 is 24.4 Å². The molecular weight excluding hydrogens is 320 g/mol. The van der Waals surface area contributed by atoms with Gasteiger partial charge in [0.25, 0.3) is 5.91 Å². The number of quaternary nitrogens is 1. The van der Waals surface area contributed by atoms with Gasteiger partial charge in [0, 0.05) is 17.7 Å². The summed E-state index contributed by atoms with van der Waals surface area (Å²) < 4.78 is 16.0. The Morgan fingerprint density at radius 1 is 1.20 bits per heavy atom. The van der Waals surface area contributed by atoms with E-state index in [0.29, 0.717) is 13.1 Å². The van der Waals surface area contributed by atoms with Crippen LogP contribution in [0.2, 0.25) is 0 Å². The zero-order valence-electron chi connectivity index (χ0n) is 14.5. The van der Waals surface area contributed by atoms with E-state index in [-0.39, 0.29) is 12.7 Å². The van der Waals surface area contributed by atoms with Gasteiger partial charge in [-0.15, -0.1) is 0 Å². The summed E-state index contributed by atoms with van der Waals surface area (Å²) in [5.74, 6) is 2.33. The van der Waals surface area contributed by atoms with Crippen molar-refractivity contribution in [2.45, 2.75) is 13.1 Å². The Labute approximate surface area is 147 Å². The Bertz CT molecular complexity index is 748. The van der Waals surface area contributed by atoms with Gasteiger partial charge in [-0.1, -0.05) is 18.2 Å². The fraction of sp³-hybridized carbons (Fsp3) is 0.316. The second-order valence-electron chi connectivity index (χ2n) is 6.09. The van der Waals surface area contributed by atoms with E-state index in [0.717, 1.165) is 39.8 Å². The first-order chi connectivity index (χ1) is 12.2. The van der Waals surface area contributed by atoms with E-state index in [1.807, 2.05) is 49.5 Å². The third kappa shape index (κ3) is 4.42. The number of nitrogens with one attached hydrogen (secondary N) is 2. The molecule has 25 heavy (non-hydrogen) atoms. The summed E-state index contributed by atoms with van der Waals surface area (Å²) in [5, 5.41) is 2.95. The van der Waals surface area contributed by atoms with Crippen LogP contribution in [0.1, 0.15) is 11.1 Å². The summed E-state index contributed by atoms with van der Waals surface area (Å²) in [4.78, 5) is 13.3. The molecule has 1 aliphatic heterocycles. The average Bonchev–Trinajstić information content (AvgIpc) is 3.07. The van der Waals surface area contributed by atoms with Crippen molar-refractivity contribution >= 4 is 5.91 Å². The maximum atomic E-state index is 12.2. The molecule has 6 nitrogen and oxygen atoms in total. The van der Waals surface area contributed by atoms with Crippen molar-refractivity contribution in [2.24, 2.45) is 0 Å². The molecule has 2 aromatic rings. The van der Waals surface area contributed by atoms with Gasteiger partial charge in [-0.2, -0.15) is 0 Å². The lowest BCUT2D eigenvalue weighted by atomic mass is 10.2. The molecule has 2 aromatic carbocycles. The van der Waals surface area contributed by atoms with Crippen molar-refractivity contribution in [1.29, 1.82) is 0 Å². The summed E-state index contributed by atoms with van der Waals surface area (Å²) in [6.07, 6.45) is 0. The lowest BCUT2D eigenvalue weighted by Crippen LogP contribution is -3.08. The number of hydrogen-bond acceptors (Lipinski definition) is 4. The molecule has 1 amide bonds. The van der Waals surface area contributed by atoms with E-state index in [2.05, 4.69) is 5.32 Å². The Morgan fingerprint density at radius 3 is 2.84 bits per heavy atom. The number of fused-ring (bicyclic) bond motifs is 1. The van der Waals surface area contributed by atoms with Gasteiger partial charge in [-0.05, 0) is 24.3 Å². The van der Waals surface area contributed by atoms with Crippen molar-refractivity contribution in [3.8, 4) is 17.2 Å². The molecule has 0 aromatic heterocycles. The number of carbonyl (C=O) groups excluding carboxylic acids is 1. The van der Waals surface area contributed by atoms with Crippen LogP contribution in [0.15, 0.2) is 42.5 Å². The molecule has 0 bridgehead atoms. The van der Waals surface area contributed by atoms with E-state index in [4.69, 9.17) is 14.2 Å². The highest BCUT2D eigenvalue weighted by molar-refractivity contribution is 5.76. The molecule has 0 aliphatic carbocycles. The van der Waals surface area contributed by atoms with Crippen molar-refractivity contribution in [3.05, 3.63) is 53.6 Å². The van der Waals surface area contributed by atoms with Crippen molar-refractivity contribution in [3.63, 3.8) is 0 Å². The second-order valence-corrected chi connectivity index (χ2v) is 6.09. The molecule has 0 saturated carbocycles. The van der Waals surface area contributed by atoms with E-state index < -0.39 is 0 Å². The van der Waals surface area contributed by atoms with Gasteiger partial charge >= 0.3 is 0 Å². The monoisotopic (exact) mass is 343 g/mol. The predicted octanol–water partition coefficient (Wildman–Crippen LogP) is 0.755. The number of rotatable bonds is 7. The summed E-state index contributed by atoms with van der Waals surface area (Å²) in [5.41, 5.74) is 2.08. The Hall–Kier alpha value is -2.73. The minimum absolute atomic E-state index is 0.00384. The summed E-state index contributed by atoms with van der Waals surface area (Å²) in [6.45, 7) is 1.86. The molecule has 132 valence electrons. The molecule has 3 rings (SSSR count). The number of hydrogen-bond donors (Lipinski definition) is 2. The van der Waals surface area contributed by atoms with Crippen LogP contribution in [-0.2, 0) is 17.9 Å². The highest BCUT2D eigenvalue weighted by atomic mass is 16.7.